The highest BCUT2D eigenvalue weighted by Gasteiger charge is 2.16. The SMILES string of the molecule is O=C(NNS(=O)(=O)c1cccc(Cl)c1)c1ccc(-n2cnnn2)cc1. The number of carbonyl (C=O) groups excluding carboxylic acids is 1. The van der Waals surface area contributed by atoms with Crippen molar-refractivity contribution in [3.8, 4) is 5.69 Å². The number of rotatable bonds is 5. The van der Waals surface area contributed by atoms with Crippen molar-refractivity contribution in [2.75, 3.05) is 0 Å². The fraction of sp³-hybridized carbons (Fsp3) is 0. The van der Waals surface area contributed by atoms with Crippen LogP contribution in [-0.4, -0.2) is 34.5 Å². The highest BCUT2D eigenvalue weighted by atomic mass is 35.5. The van der Waals surface area contributed by atoms with Crippen LogP contribution in [0.4, 0.5) is 0 Å². The van der Waals surface area contributed by atoms with Crippen molar-refractivity contribution in [2.24, 2.45) is 0 Å². The van der Waals surface area contributed by atoms with Crippen LogP contribution in [0, 0.1) is 0 Å². The van der Waals surface area contributed by atoms with Gasteiger partial charge in [0.05, 0.1) is 10.6 Å². The number of hydrogen-bond acceptors (Lipinski definition) is 6. The molecule has 1 heterocycles. The zero-order valence-electron chi connectivity index (χ0n) is 12.5. The van der Waals surface area contributed by atoms with Gasteiger partial charge in [-0.25, -0.2) is 13.1 Å². The molecule has 9 nitrogen and oxygen atoms in total. The average molecular weight is 379 g/mol. The average Bonchev–Trinajstić information content (AvgIpc) is 3.14. The van der Waals surface area contributed by atoms with Crippen LogP contribution < -0.4 is 10.3 Å². The molecule has 1 aromatic heterocycles. The first-order chi connectivity index (χ1) is 12.0. The van der Waals surface area contributed by atoms with E-state index in [4.69, 9.17) is 11.6 Å². The number of benzene rings is 2. The van der Waals surface area contributed by atoms with Crippen molar-refractivity contribution in [1.82, 2.24) is 30.5 Å². The maximum absolute atomic E-state index is 12.1. The Morgan fingerprint density at radius 1 is 1.12 bits per heavy atom. The summed E-state index contributed by atoms with van der Waals surface area (Å²) in [6, 6.07) is 12.0. The molecule has 0 aliphatic heterocycles. The van der Waals surface area contributed by atoms with E-state index >= 15 is 0 Å². The molecule has 0 bridgehead atoms. The van der Waals surface area contributed by atoms with Gasteiger partial charge in [0.15, 0.2) is 0 Å². The number of halogens is 1. The number of sulfonamides is 1. The summed E-state index contributed by atoms with van der Waals surface area (Å²) in [6.45, 7) is 0. The largest absolute Gasteiger partial charge is 0.273 e. The molecule has 0 fully saturated rings. The van der Waals surface area contributed by atoms with Crippen LogP contribution in [-0.2, 0) is 10.0 Å². The second kappa shape index (κ2) is 6.97. The van der Waals surface area contributed by atoms with E-state index in [2.05, 4.69) is 21.0 Å². The molecular weight excluding hydrogens is 368 g/mol. The molecular formula is C14H11ClN6O3S. The van der Waals surface area contributed by atoms with Gasteiger partial charge in [-0.3, -0.25) is 10.2 Å². The van der Waals surface area contributed by atoms with E-state index in [0.717, 1.165) is 0 Å². The summed E-state index contributed by atoms with van der Waals surface area (Å²) >= 11 is 5.77. The van der Waals surface area contributed by atoms with Gasteiger partial charge in [-0.2, -0.15) is 0 Å². The first kappa shape index (κ1) is 17.0. The van der Waals surface area contributed by atoms with Gasteiger partial charge in [0.25, 0.3) is 15.9 Å². The summed E-state index contributed by atoms with van der Waals surface area (Å²) in [5.41, 5.74) is 3.05. The molecule has 25 heavy (non-hydrogen) atoms. The van der Waals surface area contributed by atoms with Crippen LogP contribution in [0.5, 0.6) is 0 Å². The van der Waals surface area contributed by atoms with Crippen molar-refractivity contribution in [3.63, 3.8) is 0 Å². The molecule has 0 aliphatic rings. The second-order valence-corrected chi connectivity index (χ2v) is 6.94. The van der Waals surface area contributed by atoms with Gasteiger partial charge in [0, 0.05) is 10.6 Å². The van der Waals surface area contributed by atoms with Gasteiger partial charge in [-0.15, -0.1) is 9.93 Å². The summed E-state index contributed by atoms with van der Waals surface area (Å²) in [5, 5.41) is 11.0. The van der Waals surface area contributed by atoms with E-state index in [1.54, 1.807) is 18.2 Å². The molecule has 0 saturated carbocycles. The summed E-state index contributed by atoms with van der Waals surface area (Å²) < 4.78 is 25.7. The molecule has 3 aromatic rings. The van der Waals surface area contributed by atoms with Crippen LogP contribution in [0.15, 0.2) is 59.8 Å². The molecule has 0 aliphatic carbocycles. The lowest BCUT2D eigenvalue weighted by Gasteiger charge is -2.09. The van der Waals surface area contributed by atoms with Crippen molar-refractivity contribution in [1.29, 1.82) is 0 Å². The zero-order valence-corrected chi connectivity index (χ0v) is 14.1. The lowest BCUT2D eigenvalue weighted by Crippen LogP contribution is -2.41. The van der Waals surface area contributed by atoms with E-state index in [1.807, 2.05) is 4.83 Å². The second-order valence-electron chi connectivity index (χ2n) is 4.82. The summed E-state index contributed by atoms with van der Waals surface area (Å²) in [7, 11) is -3.93. The first-order valence-electron chi connectivity index (χ1n) is 6.87. The monoisotopic (exact) mass is 378 g/mol. The molecule has 2 aromatic carbocycles. The van der Waals surface area contributed by atoms with Crippen LogP contribution in [0.25, 0.3) is 5.69 Å². The van der Waals surface area contributed by atoms with Gasteiger partial charge in [0.1, 0.15) is 6.33 Å². The quantitative estimate of drug-likeness (QED) is 0.638. The van der Waals surface area contributed by atoms with Crippen LogP contribution in [0.2, 0.25) is 5.02 Å². The molecule has 3 rings (SSSR count). The Bertz CT molecular complexity index is 990. The van der Waals surface area contributed by atoms with E-state index in [-0.39, 0.29) is 15.5 Å². The van der Waals surface area contributed by atoms with Gasteiger partial charge < -0.3 is 0 Å². The number of aromatic nitrogens is 4. The molecule has 128 valence electrons. The molecule has 0 atom stereocenters. The molecule has 11 heteroatoms. The number of nitrogens with zero attached hydrogens (tertiary/aromatic N) is 4. The van der Waals surface area contributed by atoms with Crippen LogP contribution in [0.1, 0.15) is 10.4 Å². The Morgan fingerprint density at radius 2 is 1.88 bits per heavy atom. The van der Waals surface area contributed by atoms with Crippen molar-refractivity contribution in [2.45, 2.75) is 4.90 Å². The number of hydrazine groups is 1. The van der Waals surface area contributed by atoms with Gasteiger partial charge in [-0.1, -0.05) is 17.7 Å². The smallest absolute Gasteiger partial charge is 0.266 e. The number of tetrazole rings is 1. The predicted molar refractivity (Wildman–Crippen MR) is 88.4 cm³/mol. The first-order valence-corrected chi connectivity index (χ1v) is 8.73. The Morgan fingerprint density at radius 3 is 2.52 bits per heavy atom. The Kier molecular flexibility index (Phi) is 4.74. The standard InChI is InChI=1S/C14H11ClN6O3S/c15-11-2-1-3-13(8-11)25(23,24)20-17-14(22)10-4-6-12(7-5-10)21-9-16-18-19-21/h1-9,20H,(H,17,22). The summed E-state index contributed by atoms with van der Waals surface area (Å²) in [4.78, 5) is 14.0. The zero-order chi connectivity index (χ0) is 17.9. The number of hydrogen-bond donors (Lipinski definition) is 2. The topological polar surface area (TPSA) is 119 Å². The van der Waals surface area contributed by atoms with Crippen molar-refractivity contribution >= 4 is 27.5 Å². The third-order valence-corrected chi connectivity index (χ3v) is 4.63. The fourth-order valence-corrected chi connectivity index (χ4v) is 3.06. The highest BCUT2D eigenvalue weighted by Crippen LogP contribution is 2.14. The normalized spacial score (nSPS) is 11.2. The van der Waals surface area contributed by atoms with Crippen LogP contribution >= 0.6 is 11.6 Å². The number of nitrogens with one attached hydrogen (secondary N) is 2. The maximum Gasteiger partial charge on any atom is 0.266 e. The maximum atomic E-state index is 12.1. The van der Waals surface area contributed by atoms with Gasteiger partial charge in [-0.05, 0) is 52.9 Å². The van der Waals surface area contributed by atoms with Crippen LogP contribution in [0.3, 0.4) is 0 Å². The Balaban J connectivity index is 1.68. The Hall–Kier alpha value is -2.82. The molecule has 2 N–H and O–H groups in total. The molecule has 0 radical (unpaired) electrons. The highest BCUT2D eigenvalue weighted by molar-refractivity contribution is 7.89. The Labute approximate surface area is 147 Å². The summed E-state index contributed by atoms with van der Waals surface area (Å²) in [6.07, 6.45) is 1.41. The summed E-state index contributed by atoms with van der Waals surface area (Å²) in [5.74, 6) is -0.617. The molecule has 0 spiro atoms. The minimum absolute atomic E-state index is 0.0608. The third kappa shape index (κ3) is 3.99. The fourth-order valence-electron chi connectivity index (χ4n) is 1.92. The van der Waals surface area contributed by atoms with E-state index in [1.165, 1.54) is 41.3 Å². The van der Waals surface area contributed by atoms with Crippen molar-refractivity contribution < 1.29 is 13.2 Å². The molecule has 0 saturated heterocycles. The van der Waals surface area contributed by atoms with Crippen molar-refractivity contribution in [3.05, 3.63) is 65.4 Å². The lowest BCUT2D eigenvalue weighted by atomic mass is 10.2. The third-order valence-electron chi connectivity index (χ3n) is 3.15. The predicted octanol–water partition coefficient (Wildman–Crippen LogP) is 0.939. The number of carbonyl (C=O) groups is 1. The lowest BCUT2D eigenvalue weighted by molar-refractivity contribution is 0.0945. The van der Waals surface area contributed by atoms with E-state index in [9.17, 15) is 13.2 Å². The van der Waals surface area contributed by atoms with E-state index in [0.29, 0.717) is 5.69 Å². The molecule has 0 unspecified atom stereocenters. The number of amides is 1. The van der Waals surface area contributed by atoms with Gasteiger partial charge >= 0.3 is 0 Å². The minimum Gasteiger partial charge on any atom is -0.273 e. The minimum atomic E-state index is -3.93. The molecule has 1 amide bonds. The van der Waals surface area contributed by atoms with E-state index < -0.39 is 15.9 Å². The van der Waals surface area contributed by atoms with Gasteiger partial charge in [0.2, 0.25) is 0 Å².